The molecule has 0 unspecified atom stereocenters. The molecule has 0 N–H and O–H groups in total. The number of nitrogens with zero attached hydrogens (tertiary/aromatic N) is 2. The first-order valence-corrected chi connectivity index (χ1v) is 6.03. The van der Waals surface area contributed by atoms with Gasteiger partial charge in [0.25, 0.3) is 5.56 Å². The lowest BCUT2D eigenvalue weighted by molar-refractivity contribution is 0.0933. The van der Waals surface area contributed by atoms with Gasteiger partial charge in [-0.3, -0.25) is 9.59 Å². The van der Waals surface area contributed by atoms with Crippen molar-refractivity contribution < 1.29 is 9.53 Å². The monoisotopic (exact) mass is 256 g/mol. The van der Waals surface area contributed by atoms with Crippen LogP contribution in [0.15, 0.2) is 35.1 Å². The lowest BCUT2D eigenvalue weighted by Gasteiger charge is -2.10. The van der Waals surface area contributed by atoms with Gasteiger partial charge in [0, 0.05) is 18.9 Å². The number of benzene rings is 1. The highest BCUT2D eigenvalue weighted by molar-refractivity contribution is 5.81. The van der Waals surface area contributed by atoms with Crippen molar-refractivity contribution in [2.24, 2.45) is 0 Å². The Morgan fingerprint density at radius 1 is 1.32 bits per heavy atom. The van der Waals surface area contributed by atoms with Crippen molar-refractivity contribution in [1.82, 2.24) is 9.55 Å². The number of hydrogen-bond donors (Lipinski definition) is 0. The molecular weight excluding hydrogens is 244 g/mol. The van der Waals surface area contributed by atoms with Gasteiger partial charge >= 0.3 is 0 Å². The second kappa shape index (κ2) is 4.35. The summed E-state index contributed by atoms with van der Waals surface area (Å²) in [5.41, 5.74) is 0.872. The Morgan fingerprint density at radius 3 is 2.74 bits per heavy atom. The number of carbonyl (C=O) groups is 1. The van der Waals surface area contributed by atoms with Gasteiger partial charge in [-0.1, -0.05) is 30.3 Å². The summed E-state index contributed by atoms with van der Waals surface area (Å²) in [4.78, 5) is 28.4. The van der Waals surface area contributed by atoms with Gasteiger partial charge in [0.15, 0.2) is 5.82 Å². The second-order valence-electron chi connectivity index (χ2n) is 4.34. The van der Waals surface area contributed by atoms with Crippen molar-refractivity contribution in [3.05, 3.63) is 46.2 Å². The van der Waals surface area contributed by atoms with E-state index in [2.05, 4.69) is 4.98 Å². The number of fused-ring (bicyclic) bond motifs is 1. The minimum absolute atomic E-state index is 0.325. The van der Waals surface area contributed by atoms with Crippen LogP contribution in [0.3, 0.4) is 0 Å². The van der Waals surface area contributed by atoms with E-state index in [9.17, 15) is 9.59 Å². The van der Waals surface area contributed by atoms with Crippen LogP contribution in [0.4, 0.5) is 0 Å². The molecule has 5 nitrogen and oxygen atoms in total. The summed E-state index contributed by atoms with van der Waals surface area (Å²) in [6.45, 7) is 1.80. The van der Waals surface area contributed by atoms with Crippen molar-refractivity contribution in [3.63, 3.8) is 0 Å². The Morgan fingerprint density at radius 2 is 2.05 bits per heavy atom. The number of carbonyl (C=O) groups excluding carboxylic acids is 1. The minimum Gasteiger partial charge on any atom is -0.477 e. The predicted octanol–water partition coefficient (Wildman–Crippen LogP) is 1.51. The fraction of sp³-hybridized carbons (Fsp3) is 0.214. The highest BCUT2D eigenvalue weighted by atomic mass is 16.5. The van der Waals surface area contributed by atoms with E-state index in [0.717, 1.165) is 4.57 Å². The summed E-state index contributed by atoms with van der Waals surface area (Å²) in [6, 6.07) is 9.15. The van der Waals surface area contributed by atoms with Crippen molar-refractivity contribution >= 4 is 5.91 Å². The van der Waals surface area contributed by atoms with E-state index >= 15 is 0 Å². The van der Waals surface area contributed by atoms with Crippen LogP contribution in [0.5, 0.6) is 5.88 Å². The number of ether oxygens (including phenoxy) is 1. The maximum Gasteiger partial charge on any atom is 0.267 e. The molecule has 96 valence electrons. The Kier molecular flexibility index (Phi) is 2.67. The van der Waals surface area contributed by atoms with Gasteiger partial charge in [0.1, 0.15) is 0 Å². The molecule has 0 saturated heterocycles. The maximum atomic E-state index is 12.3. The fourth-order valence-corrected chi connectivity index (χ4v) is 2.19. The molecule has 0 aliphatic carbocycles. The van der Waals surface area contributed by atoms with Gasteiger partial charge in [0.2, 0.25) is 11.8 Å². The van der Waals surface area contributed by atoms with Crippen LogP contribution in [0, 0.1) is 0 Å². The minimum atomic E-state index is -0.342. The summed E-state index contributed by atoms with van der Waals surface area (Å²) in [5.74, 6) is 0.339. The molecule has 1 aromatic heterocycles. The molecule has 3 rings (SSSR count). The molecule has 0 amide bonds. The fourth-order valence-electron chi connectivity index (χ4n) is 2.19. The van der Waals surface area contributed by atoms with E-state index in [1.165, 1.54) is 6.92 Å². The number of rotatable bonds is 1. The SMILES string of the molecule is CC(=O)n1c(-c2ccccc2)nc2c(c1=O)CCO2. The van der Waals surface area contributed by atoms with Gasteiger partial charge in [-0.2, -0.15) is 4.98 Å². The largest absolute Gasteiger partial charge is 0.477 e. The van der Waals surface area contributed by atoms with E-state index in [-0.39, 0.29) is 11.5 Å². The molecule has 1 aliphatic rings. The summed E-state index contributed by atoms with van der Waals surface area (Å²) < 4.78 is 6.45. The third-order valence-electron chi connectivity index (χ3n) is 3.08. The van der Waals surface area contributed by atoms with Crippen LogP contribution < -0.4 is 10.3 Å². The summed E-state index contributed by atoms with van der Waals surface area (Å²) in [6.07, 6.45) is 0.503. The van der Waals surface area contributed by atoms with E-state index < -0.39 is 0 Å². The average molecular weight is 256 g/mol. The van der Waals surface area contributed by atoms with Crippen LogP contribution in [0.25, 0.3) is 11.4 Å². The first kappa shape index (κ1) is 11.6. The van der Waals surface area contributed by atoms with Gasteiger partial charge in [0.05, 0.1) is 12.2 Å². The Hall–Kier alpha value is -2.43. The van der Waals surface area contributed by atoms with Crippen LogP contribution in [0.2, 0.25) is 0 Å². The van der Waals surface area contributed by atoms with Gasteiger partial charge < -0.3 is 4.74 Å². The van der Waals surface area contributed by atoms with Gasteiger partial charge in [-0.15, -0.1) is 0 Å². The smallest absolute Gasteiger partial charge is 0.267 e. The second-order valence-corrected chi connectivity index (χ2v) is 4.34. The zero-order chi connectivity index (χ0) is 13.4. The molecule has 0 spiro atoms. The molecule has 0 fully saturated rings. The molecule has 0 radical (unpaired) electrons. The van der Waals surface area contributed by atoms with E-state index in [1.807, 2.05) is 30.3 Å². The number of hydrogen-bond acceptors (Lipinski definition) is 4. The van der Waals surface area contributed by atoms with Crippen LogP contribution >= 0.6 is 0 Å². The first-order valence-electron chi connectivity index (χ1n) is 6.03. The predicted molar refractivity (Wildman–Crippen MR) is 69.4 cm³/mol. The summed E-state index contributed by atoms with van der Waals surface area (Å²) in [7, 11) is 0. The van der Waals surface area contributed by atoms with E-state index in [0.29, 0.717) is 35.9 Å². The van der Waals surface area contributed by atoms with Crippen LogP contribution in [-0.4, -0.2) is 22.1 Å². The van der Waals surface area contributed by atoms with E-state index in [4.69, 9.17) is 4.74 Å². The van der Waals surface area contributed by atoms with Gasteiger partial charge in [-0.25, -0.2) is 4.57 Å². The first-order chi connectivity index (χ1) is 9.18. The molecule has 2 aromatic rings. The highest BCUT2D eigenvalue weighted by Crippen LogP contribution is 2.24. The van der Waals surface area contributed by atoms with E-state index in [1.54, 1.807) is 0 Å². The Balaban J connectivity index is 2.33. The molecule has 0 saturated carbocycles. The summed E-state index contributed by atoms with van der Waals surface area (Å²) >= 11 is 0. The molecular formula is C14H12N2O3. The lowest BCUT2D eigenvalue weighted by Crippen LogP contribution is -2.29. The molecule has 0 bridgehead atoms. The van der Waals surface area contributed by atoms with Crippen molar-refractivity contribution in [2.45, 2.75) is 13.3 Å². The number of aromatic nitrogens is 2. The topological polar surface area (TPSA) is 61.2 Å². The Bertz CT molecular complexity index is 705. The molecule has 5 heteroatoms. The molecule has 1 aromatic carbocycles. The molecule has 19 heavy (non-hydrogen) atoms. The molecule has 2 heterocycles. The molecule has 1 aliphatic heterocycles. The highest BCUT2D eigenvalue weighted by Gasteiger charge is 2.24. The lowest BCUT2D eigenvalue weighted by atomic mass is 10.2. The van der Waals surface area contributed by atoms with Crippen molar-refractivity contribution in [1.29, 1.82) is 0 Å². The third-order valence-corrected chi connectivity index (χ3v) is 3.08. The quantitative estimate of drug-likeness (QED) is 0.775. The summed E-state index contributed by atoms with van der Waals surface area (Å²) in [5, 5.41) is 0. The zero-order valence-electron chi connectivity index (χ0n) is 10.4. The standard InChI is InChI=1S/C14H12N2O3/c1-9(17)16-12(10-5-3-2-4-6-10)15-13-11(14(16)18)7-8-19-13/h2-6H,7-8H2,1H3. The Labute approximate surface area is 109 Å². The van der Waals surface area contributed by atoms with Crippen LogP contribution in [-0.2, 0) is 6.42 Å². The van der Waals surface area contributed by atoms with Crippen molar-refractivity contribution in [3.8, 4) is 17.3 Å². The zero-order valence-corrected chi connectivity index (χ0v) is 10.4. The average Bonchev–Trinajstić information content (AvgIpc) is 2.87. The normalized spacial score (nSPS) is 12.9. The van der Waals surface area contributed by atoms with Crippen LogP contribution in [0.1, 0.15) is 17.3 Å². The van der Waals surface area contributed by atoms with Crippen molar-refractivity contribution in [2.75, 3.05) is 6.61 Å². The third kappa shape index (κ3) is 1.83. The maximum absolute atomic E-state index is 12.3. The van der Waals surface area contributed by atoms with Gasteiger partial charge in [-0.05, 0) is 0 Å². The molecule has 0 atom stereocenters.